The molecule has 0 amide bonds. The van der Waals surface area contributed by atoms with E-state index in [2.05, 4.69) is 46.5 Å². The topological polar surface area (TPSA) is 52.0 Å². The van der Waals surface area contributed by atoms with Crippen LogP contribution >= 0.6 is 0 Å². The van der Waals surface area contributed by atoms with Gasteiger partial charge in [0.05, 0.1) is 12.6 Å². The SMILES string of the molecule is COc1ccccc1C(Nc1ccnc2ccc(C)cc12)c1nccn1C. The minimum absolute atomic E-state index is 0.160. The van der Waals surface area contributed by atoms with Gasteiger partial charge in [-0.1, -0.05) is 29.8 Å². The standard InChI is InChI=1S/C22H22N4O/c1-15-8-9-18-17(14-15)19(10-11-23-18)25-21(22-24-12-13-26(22)2)16-6-4-5-7-20(16)27-3/h4-14,21H,1-3H3,(H,23,25). The van der Waals surface area contributed by atoms with Gasteiger partial charge in [0.25, 0.3) is 0 Å². The first-order valence-electron chi connectivity index (χ1n) is 8.89. The molecule has 1 N–H and O–H groups in total. The number of aryl methyl sites for hydroxylation is 2. The zero-order valence-electron chi connectivity index (χ0n) is 15.7. The number of nitrogens with zero attached hydrogens (tertiary/aromatic N) is 3. The van der Waals surface area contributed by atoms with Crippen molar-refractivity contribution in [1.29, 1.82) is 0 Å². The molecule has 4 aromatic rings. The lowest BCUT2D eigenvalue weighted by atomic mass is 10.0. The van der Waals surface area contributed by atoms with Crippen molar-refractivity contribution in [3.63, 3.8) is 0 Å². The van der Waals surface area contributed by atoms with Gasteiger partial charge in [-0.25, -0.2) is 4.98 Å². The number of fused-ring (bicyclic) bond motifs is 1. The molecule has 2 aromatic carbocycles. The molecule has 4 rings (SSSR count). The smallest absolute Gasteiger partial charge is 0.135 e. The maximum absolute atomic E-state index is 5.62. The summed E-state index contributed by atoms with van der Waals surface area (Å²) >= 11 is 0. The molecule has 0 fully saturated rings. The normalized spacial score (nSPS) is 12.1. The zero-order chi connectivity index (χ0) is 18.8. The van der Waals surface area contributed by atoms with E-state index in [9.17, 15) is 0 Å². The van der Waals surface area contributed by atoms with Crippen molar-refractivity contribution in [1.82, 2.24) is 14.5 Å². The van der Waals surface area contributed by atoms with E-state index in [4.69, 9.17) is 4.74 Å². The van der Waals surface area contributed by atoms with Crippen LogP contribution in [0.15, 0.2) is 67.1 Å². The van der Waals surface area contributed by atoms with E-state index in [-0.39, 0.29) is 6.04 Å². The Kier molecular flexibility index (Phi) is 4.50. The van der Waals surface area contributed by atoms with E-state index in [1.54, 1.807) is 7.11 Å². The Bertz CT molecular complexity index is 1090. The van der Waals surface area contributed by atoms with Crippen molar-refractivity contribution < 1.29 is 4.74 Å². The highest BCUT2D eigenvalue weighted by Crippen LogP contribution is 2.34. The van der Waals surface area contributed by atoms with Gasteiger partial charge >= 0.3 is 0 Å². The Balaban J connectivity index is 1.86. The molecule has 136 valence electrons. The van der Waals surface area contributed by atoms with Crippen molar-refractivity contribution >= 4 is 16.6 Å². The molecule has 0 saturated carbocycles. The van der Waals surface area contributed by atoms with E-state index in [0.717, 1.165) is 33.7 Å². The molecular weight excluding hydrogens is 336 g/mol. The maximum atomic E-state index is 5.62. The number of pyridine rings is 1. The lowest BCUT2D eigenvalue weighted by molar-refractivity contribution is 0.408. The summed E-state index contributed by atoms with van der Waals surface area (Å²) in [6.45, 7) is 2.09. The van der Waals surface area contributed by atoms with Crippen LogP contribution in [0, 0.1) is 6.92 Å². The number of ether oxygens (including phenoxy) is 1. The zero-order valence-corrected chi connectivity index (χ0v) is 15.7. The number of para-hydroxylation sites is 1. The fourth-order valence-corrected chi connectivity index (χ4v) is 3.38. The van der Waals surface area contributed by atoms with Gasteiger partial charge in [-0.15, -0.1) is 0 Å². The number of imidazole rings is 1. The highest BCUT2D eigenvalue weighted by atomic mass is 16.5. The average Bonchev–Trinajstić information content (AvgIpc) is 3.12. The summed E-state index contributed by atoms with van der Waals surface area (Å²) in [5.74, 6) is 1.74. The van der Waals surface area contributed by atoms with Gasteiger partial charge in [0, 0.05) is 42.3 Å². The molecule has 0 aliphatic rings. The van der Waals surface area contributed by atoms with Crippen LogP contribution in [0.1, 0.15) is 23.0 Å². The molecule has 2 heterocycles. The van der Waals surface area contributed by atoms with Crippen molar-refractivity contribution in [3.05, 3.63) is 84.1 Å². The second kappa shape index (κ2) is 7.11. The first kappa shape index (κ1) is 17.1. The molecule has 2 aromatic heterocycles. The molecule has 0 saturated heterocycles. The van der Waals surface area contributed by atoms with E-state index in [1.807, 2.05) is 54.5 Å². The largest absolute Gasteiger partial charge is 0.496 e. The summed E-state index contributed by atoms with van der Waals surface area (Å²) in [7, 11) is 3.70. The quantitative estimate of drug-likeness (QED) is 0.571. The minimum atomic E-state index is -0.160. The molecule has 0 radical (unpaired) electrons. The summed E-state index contributed by atoms with van der Waals surface area (Å²) in [5, 5.41) is 4.77. The summed E-state index contributed by atoms with van der Waals surface area (Å²) in [6, 6.07) is 16.2. The number of aromatic nitrogens is 3. The fraction of sp³-hybridized carbons (Fsp3) is 0.182. The summed E-state index contributed by atoms with van der Waals surface area (Å²) in [4.78, 5) is 9.08. The van der Waals surface area contributed by atoms with Crippen LogP contribution < -0.4 is 10.1 Å². The lowest BCUT2D eigenvalue weighted by Crippen LogP contribution is -2.17. The van der Waals surface area contributed by atoms with Gasteiger partial charge < -0.3 is 14.6 Å². The molecule has 0 aliphatic carbocycles. The lowest BCUT2D eigenvalue weighted by Gasteiger charge is -2.23. The van der Waals surface area contributed by atoms with Crippen molar-refractivity contribution in [2.45, 2.75) is 13.0 Å². The predicted octanol–water partition coefficient (Wildman–Crippen LogP) is 4.49. The molecule has 0 bridgehead atoms. The van der Waals surface area contributed by atoms with Crippen LogP contribution in [-0.2, 0) is 7.05 Å². The highest BCUT2D eigenvalue weighted by molar-refractivity contribution is 5.91. The highest BCUT2D eigenvalue weighted by Gasteiger charge is 2.22. The molecule has 5 nitrogen and oxygen atoms in total. The third-order valence-corrected chi connectivity index (χ3v) is 4.76. The number of anilines is 1. The van der Waals surface area contributed by atoms with E-state index in [1.165, 1.54) is 5.56 Å². The van der Waals surface area contributed by atoms with Gasteiger partial charge in [-0.2, -0.15) is 0 Å². The van der Waals surface area contributed by atoms with Gasteiger partial charge in [-0.05, 0) is 31.2 Å². The Morgan fingerprint density at radius 2 is 1.89 bits per heavy atom. The van der Waals surface area contributed by atoms with E-state index >= 15 is 0 Å². The molecule has 0 spiro atoms. The Morgan fingerprint density at radius 3 is 2.67 bits per heavy atom. The maximum Gasteiger partial charge on any atom is 0.135 e. The minimum Gasteiger partial charge on any atom is -0.496 e. The molecular formula is C22H22N4O. The van der Waals surface area contributed by atoms with Gasteiger partial charge in [-0.3, -0.25) is 4.98 Å². The monoisotopic (exact) mass is 358 g/mol. The Morgan fingerprint density at radius 1 is 1.04 bits per heavy atom. The van der Waals surface area contributed by atoms with Gasteiger partial charge in [0.1, 0.15) is 17.6 Å². The van der Waals surface area contributed by atoms with Crippen LogP contribution in [0.2, 0.25) is 0 Å². The summed E-state index contributed by atoms with van der Waals surface area (Å²) in [6.07, 6.45) is 5.60. The molecule has 0 aliphatic heterocycles. The van der Waals surface area contributed by atoms with Gasteiger partial charge in [0.15, 0.2) is 0 Å². The number of nitrogens with one attached hydrogen (secondary N) is 1. The van der Waals surface area contributed by atoms with Crippen molar-refractivity contribution in [2.75, 3.05) is 12.4 Å². The third-order valence-electron chi connectivity index (χ3n) is 4.76. The third kappa shape index (κ3) is 3.24. The first-order chi connectivity index (χ1) is 13.2. The van der Waals surface area contributed by atoms with Crippen molar-refractivity contribution in [3.8, 4) is 5.75 Å². The second-order valence-electron chi connectivity index (χ2n) is 6.59. The number of methoxy groups -OCH3 is 1. The van der Waals surface area contributed by atoms with Crippen LogP contribution in [0.5, 0.6) is 5.75 Å². The number of hydrogen-bond acceptors (Lipinski definition) is 4. The average molecular weight is 358 g/mol. The van der Waals surface area contributed by atoms with Crippen molar-refractivity contribution in [2.24, 2.45) is 7.05 Å². The van der Waals surface area contributed by atoms with Crippen LogP contribution in [-0.4, -0.2) is 21.6 Å². The molecule has 27 heavy (non-hydrogen) atoms. The first-order valence-corrected chi connectivity index (χ1v) is 8.89. The second-order valence-corrected chi connectivity index (χ2v) is 6.59. The Hall–Kier alpha value is -3.34. The Labute approximate surface area is 158 Å². The summed E-state index contributed by atoms with van der Waals surface area (Å²) < 4.78 is 7.65. The molecule has 1 atom stereocenters. The van der Waals surface area contributed by atoms with Gasteiger partial charge in [0.2, 0.25) is 0 Å². The number of rotatable bonds is 5. The molecule has 5 heteroatoms. The number of hydrogen-bond donors (Lipinski definition) is 1. The predicted molar refractivity (Wildman–Crippen MR) is 108 cm³/mol. The molecule has 1 unspecified atom stereocenters. The number of benzene rings is 2. The fourth-order valence-electron chi connectivity index (χ4n) is 3.38. The van der Waals surface area contributed by atoms with E-state index in [0.29, 0.717) is 0 Å². The summed E-state index contributed by atoms with van der Waals surface area (Å²) in [5.41, 5.74) is 4.21. The van der Waals surface area contributed by atoms with E-state index < -0.39 is 0 Å². The van der Waals surface area contributed by atoms with Crippen LogP contribution in [0.25, 0.3) is 10.9 Å². The van der Waals surface area contributed by atoms with Crippen LogP contribution in [0.4, 0.5) is 5.69 Å². The van der Waals surface area contributed by atoms with Crippen LogP contribution in [0.3, 0.4) is 0 Å².